The number of pyridine rings is 1. The number of carbonyl (C=O) groups is 3. The van der Waals surface area contributed by atoms with Crippen LogP contribution >= 0.6 is 11.3 Å². The Labute approximate surface area is 379 Å². The van der Waals surface area contributed by atoms with Crippen molar-refractivity contribution in [2.45, 2.75) is 109 Å². The molecule has 1 aromatic carbocycles. The first kappa shape index (κ1) is 43.2. The molecular formula is C49H61N9O5S. The molecule has 1 unspecified atom stereocenters. The number of hydrogen-bond donors (Lipinski definition) is 2. The molecule has 15 heteroatoms. The van der Waals surface area contributed by atoms with Crippen molar-refractivity contribution >= 4 is 40.0 Å². The molecule has 5 fully saturated rings. The molecule has 2 aliphatic carbocycles. The number of methoxy groups -OCH3 is 1. The fourth-order valence-electron chi connectivity index (χ4n) is 11.2. The monoisotopic (exact) mass is 887 g/mol. The highest BCUT2D eigenvalue weighted by Crippen LogP contribution is 2.50. The maximum Gasteiger partial charge on any atom is 0.324 e. The van der Waals surface area contributed by atoms with E-state index in [1.165, 1.54) is 11.3 Å². The molecule has 6 aliphatic rings. The van der Waals surface area contributed by atoms with Crippen molar-refractivity contribution in [2.24, 2.45) is 29.1 Å². The minimum absolute atomic E-state index is 0.0176. The van der Waals surface area contributed by atoms with Gasteiger partial charge in [0.05, 0.1) is 47.8 Å². The zero-order chi connectivity index (χ0) is 44.8. The quantitative estimate of drug-likeness (QED) is 0.197. The van der Waals surface area contributed by atoms with E-state index in [1.807, 2.05) is 13.0 Å². The number of benzene rings is 1. The second kappa shape index (κ2) is 16.3. The van der Waals surface area contributed by atoms with Gasteiger partial charge in [-0.05, 0) is 94.2 Å². The van der Waals surface area contributed by atoms with Crippen molar-refractivity contribution < 1.29 is 23.9 Å². The Morgan fingerprint density at radius 3 is 2.61 bits per heavy atom. The molecule has 3 saturated heterocycles. The van der Waals surface area contributed by atoms with Gasteiger partial charge in [-0.15, -0.1) is 11.3 Å². The van der Waals surface area contributed by atoms with E-state index in [4.69, 9.17) is 19.4 Å². The van der Waals surface area contributed by atoms with E-state index in [2.05, 4.69) is 95.6 Å². The van der Waals surface area contributed by atoms with Crippen LogP contribution in [0.15, 0.2) is 41.9 Å². The molecule has 2 amide bonds. The first-order chi connectivity index (χ1) is 30.7. The number of nitrogens with zero attached hydrogens (tertiary/aromatic N) is 7. The van der Waals surface area contributed by atoms with Gasteiger partial charge in [0.1, 0.15) is 17.1 Å². The number of hydrazine groups is 1. The Balaban J connectivity index is 1.14. The number of ether oxygens (including phenoxy) is 2. The molecule has 2 N–H and O–H groups in total. The normalized spacial score (nSPS) is 30.6. The minimum Gasteiger partial charge on any atom is -0.464 e. The Kier molecular flexibility index (Phi) is 11.0. The molecule has 3 aromatic heterocycles. The summed E-state index contributed by atoms with van der Waals surface area (Å²) in [5, 5.41) is 18.7. The lowest BCUT2D eigenvalue weighted by Crippen LogP contribution is -2.77. The number of likely N-dealkylation sites (N-methyl/N-ethyl adjacent to an activating group) is 1. The lowest BCUT2D eigenvalue weighted by molar-refractivity contribution is -0.159. The Bertz CT molecular complexity index is 2530. The first-order valence-corrected chi connectivity index (χ1v) is 24.1. The third-order valence-corrected chi connectivity index (χ3v) is 16.7. The average Bonchev–Trinajstić information content (AvgIpc) is 3.53. The van der Waals surface area contributed by atoms with Crippen molar-refractivity contribution in [3.8, 4) is 28.6 Å². The standard InChI is InChI=1S/C49H61N9O5S/c1-27-28(2)39(27)44(59)53-41-43(56-24-49(25-56)14-17-55(49)6)45-52-37(23-64-45)31-12-13-38-34(20-31)35(21-48(4,5)26-63-47(61)36-11-9-16-57(54-36)46(41)60)42(58(38)32-18-30(19-32)22-50)33-10-8-15-51-40(33)29(3)62-7/h8,10,12-13,15,20,23,27-30,32,36,39,41,43,54H,9,11,14,16-19,21,24-26H2,1-7H3,(H,53,59)/t27-,28+,29-,30?,32?,36-,39?,41-,43-/m0/s1. The Morgan fingerprint density at radius 2 is 1.92 bits per heavy atom. The van der Waals surface area contributed by atoms with Crippen LogP contribution < -0.4 is 10.7 Å². The van der Waals surface area contributed by atoms with E-state index in [0.717, 1.165) is 88.6 Å². The molecule has 2 saturated carbocycles. The minimum atomic E-state index is -0.942. The van der Waals surface area contributed by atoms with Crippen molar-refractivity contribution in [3.63, 3.8) is 0 Å². The van der Waals surface area contributed by atoms with Crippen molar-refractivity contribution in [1.82, 2.24) is 40.1 Å². The number of rotatable bonds is 7. The highest BCUT2D eigenvalue weighted by Gasteiger charge is 2.57. The SMILES string of the molecule is CO[C@@H](C)c1ncccc1-c1c2c3cc(ccc3n1C1CC(C#N)C1)-c1csc(n1)[C@@H](N1CC3(CCN3C)C1)[C@H](NC(=O)C1[C@@H](C)[C@H]1C)C(=O)N1CCC[C@H](N1)C(=O)OCC(C)(C)C2. The maximum atomic E-state index is 15.1. The second-order valence-corrected chi connectivity index (χ2v) is 21.4. The summed E-state index contributed by atoms with van der Waals surface area (Å²) in [4.78, 5) is 58.3. The molecule has 7 heterocycles. The van der Waals surface area contributed by atoms with E-state index < -0.39 is 29.5 Å². The summed E-state index contributed by atoms with van der Waals surface area (Å²) in [6.45, 7) is 13.5. The molecule has 7 atom stereocenters. The summed E-state index contributed by atoms with van der Waals surface area (Å²) in [5.41, 5.74) is 9.56. The number of amides is 2. The summed E-state index contributed by atoms with van der Waals surface area (Å²) < 4.78 is 14.5. The Morgan fingerprint density at radius 1 is 1.14 bits per heavy atom. The molecule has 10 rings (SSSR count). The van der Waals surface area contributed by atoms with Crippen LogP contribution in [0.25, 0.3) is 33.4 Å². The maximum absolute atomic E-state index is 15.1. The number of likely N-dealkylation sites (tertiary alicyclic amines) is 2. The summed E-state index contributed by atoms with van der Waals surface area (Å²) in [7, 11) is 3.86. The van der Waals surface area contributed by atoms with Gasteiger partial charge in [0, 0.05) is 89.8 Å². The predicted octanol–water partition coefficient (Wildman–Crippen LogP) is 6.45. The van der Waals surface area contributed by atoms with Gasteiger partial charge < -0.3 is 19.4 Å². The highest BCUT2D eigenvalue weighted by molar-refractivity contribution is 7.10. The molecule has 0 radical (unpaired) electrons. The molecule has 338 valence electrons. The molecule has 1 spiro atoms. The number of esters is 1. The van der Waals surface area contributed by atoms with Crippen molar-refractivity contribution in [2.75, 3.05) is 46.9 Å². The van der Waals surface area contributed by atoms with Crippen molar-refractivity contribution in [3.05, 3.63) is 58.2 Å². The summed E-state index contributed by atoms with van der Waals surface area (Å²) >= 11 is 1.53. The molecule has 6 bridgehead atoms. The van der Waals surface area contributed by atoms with Crippen molar-refractivity contribution in [1.29, 1.82) is 5.26 Å². The van der Waals surface area contributed by atoms with Gasteiger partial charge >= 0.3 is 5.97 Å². The topological polar surface area (TPSA) is 158 Å². The van der Waals surface area contributed by atoms with Gasteiger partial charge in [0.15, 0.2) is 0 Å². The number of hydrogen-bond acceptors (Lipinski definition) is 12. The van der Waals surface area contributed by atoms with Crippen LogP contribution in [-0.4, -0.2) is 112 Å². The number of carbonyl (C=O) groups excluding carboxylic acids is 3. The van der Waals surface area contributed by atoms with Gasteiger partial charge in [-0.1, -0.05) is 33.8 Å². The molecule has 4 aromatic rings. The largest absolute Gasteiger partial charge is 0.464 e. The third-order valence-electron chi connectivity index (χ3n) is 15.8. The Hall–Kier alpha value is -4.72. The van der Waals surface area contributed by atoms with Crippen LogP contribution in [0.3, 0.4) is 0 Å². The lowest BCUT2D eigenvalue weighted by atomic mass is 9.76. The van der Waals surface area contributed by atoms with Crippen LogP contribution in [0, 0.1) is 40.4 Å². The summed E-state index contributed by atoms with van der Waals surface area (Å²) in [6, 6.07) is 11.0. The molecule has 64 heavy (non-hydrogen) atoms. The number of fused-ring (bicyclic) bond motifs is 6. The van der Waals surface area contributed by atoms with Crippen LogP contribution in [0.4, 0.5) is 0 Å². The molecular weight excluding hydrogens is 827 g/mol. The zero-order valence-electron chi connectivity index (χ0n) is 38.1. The van der Waals surface area contributed by atoms with Gasteiger partial charge in [-0.25, -0.2) is 10.4 Å². The van der Waals surface area contributed by atoms with Gasteiger partial charge in [-0.2, -0.15) is 5.26 Å². The predicted molar refractivity (Wildman–Crippen MR) is 243 cm³/mol. The van der Waals surface area contributed by atoms with E-state index in [9.17, 15) is 14.9 Å². The number of nitriles is 1. The number of cyclic esters (lactones) is 1. The smallest absolute Gasteiger partial charge is 0.324 e. The first-order valence-electron chi connectivity index (χ1n) is 23.2. The van der Waals surface area contributed by atoms with Crippen LogP contribution in [0.1, 0.15) is 101 Å². The number of nitrogens with one attached hydrogen (secondary N) is 2. The van der Waals surface area contributed by atoms with Crippen LogP contribution in [-0.2, 0) is 30.3 Å². The summed E-state index contributed by atoms with van der Waals surface area (Å²) in [6.07, 6.45) is 5.80. The van der Waals surface area contributed by atoms with Gasteiger partial charge in [-0.3, -0.25) is 34.2 Å². The van der Waals surface area contributed by atoms with Crippen LogP contribution in [0.5, 0.6) is 0 Å². The fraction of sp³-hybridized carbons (Fsp3) is 0.592. The van der Waals surface area contributed by atoms with Gasteiger partial charge in [0.2, 0.25) is 5.91 Å². The van der Waals surface area contributed by atoms with Gasteiger partial charge in [0.25, 0.3) is 5.91 Å². The molecule has 14 nitrogen and oxygen atoms in total. The van der Waals surface area contributed by atoms with E-state index >= 15 is 4.79 Å². The lowest BCUT2D eigenvalue weighted by Gasteiger charge is -2.63. The van der Waals surface area contributed by atoms with E-state index in [1.54, 1.807) is 18.3 Å². The van der Waals surface area contributed by atoms with E-state index in [0.29, 0.717) is 25.8 Å². The number of thiazole rings is 1. The third kappa shape index (κ3) is 7.33. The molecule has 4 aliphatic heterocycles. The van der Waals surface area contributed by atoms with Crippen LogP contribution in [0.2, 0.25) is 0 Å². The summed E-state index contributed by atoms with van der Waals surface area (Å²) in [5.74, 6) is -0.521. The van der Waals surface area contributed by atoms with E-state index in [-0.39, 0.29) is 59.8 Å². The fourth-order valence-corrected chi connectivity index (χ4v) is 12.2. The average molecular weight is 888 g/mol. The number of aromatic nitrogens is 3. The highest BCUT2D eigenvalue weighted by atomic mass is 32.1. The second-order valence-electron chi connectivity index (χ2n) is 20.5. The zero-order valence-corrected chi connectivity index (χ0v) is 38.9.